The molecule has 0 aliphatic heterocycles. The Morgan fingerprint density at radius 3 is 2.29 bits per heavy atom. The van der Waals surface area contributed by atoms with Crippen LogP contribution in [0, 0.1) is 0 Å². The molecule has 0 saturated heterocycles. The third-order valence-corrected chi connectivity index (χ3v) is 3.18. The van der Waals surface area contributed by atoms with Gasteiger partial charge in [-0.15, -0.1) is 0 Å². The summed E-state index contributed by atoms with van der Waals surface area (Å²) in [7, 11) is -1.22. The van der Waals surface area contributed by atoms with Crippen molar-refractivity contribution in [1.82, 2.24) is 0 Å². The number of nitrogens with two attached hydrogens (primary N) is 1. The summed E-state index contributed by atoms with van der Waals surface area (Å²) in [6.45, 7) is 1.98. The van der Waals surface area contributed by atoms with Crippen LogP contribution in [0.15, 0.2) is 0 Å². The second-order valence-electron chi connectivity index (χ2n) is 3.80. The first-order valence-corrected chi connectivity index (χ1v) is 6.87. The average molecular weight is 223 g/mol. The SMILES string of the molecule is COC(C)CCC(N)CCS(C)(=O)=O. The van der Waals surface area contributed by atoms with Crippen molar-refractivity contribution in [2.24, 2.45) is 5.73 Å². The van der Waals surface area contributed by atoms with Gasteiger partial charge in [-0.05, 0) is 26.2 Å². The lowest BCUT2D eigenvalue weighted by Crippen LogP contribution is -2.25. The van der Waals surface area contributed by atoms with Crippen molar-refractivity contribution in [3.05, 3.63) is 0 Å². The highest BCUT2D eigenvalue weighted by Crippen LogP contribution is 2.05. The number of hydrogen-bond acceptors (Lipinski definition) is 4. The van der Waals surface area contributed by atoms with Gasteiger partial charge < -0.3 is 10.5 Å². The zero-order chi connectivity index (χ0) is 11.2. The molecular weight excluding hydrogens is 202 g/mol. The Hall–Kier alpha value is -0.130. The maximum atomic E-state index is 10.8. The molecule has 0 heterocycles. The van der Waals surface area contributed by atoms with E-state index in [2.05, 4.69) is 0 Å². The predicted molar refractivity (Wildman–Crippen MR) is 58.0 cm³/mol. The molecule has 0 aliphatic carbocycles. The zero-order valence-corrected chi connectivity index (χ0v) is 10.0. The van der Waals surface area contributed by atoms with E-state index in [9.17, 15) is 8.42 Å². The van der Waals surface area contributed by atoms with Crippen LogP contribution in [-0.2, 0) is 14.6 Å². The zero-order valence-electron chi connectivity index (χ0n) is 9.19. The number of hydrogen-bond donors (Lipinski definition) is 1. The lowest BCUT2D eigenvalue weighted by molar-refractivity contribution is 0.107. The van der Waals surface area contributed by atoms with E-state index in [-0.39, 0.29) is 17.9 Å². The van der Waals surface area contributed by atoms with Crippen molar-refractivity contribution in [2.75, 3.05) is 19.1 Å². The van der Waals surface area contributed by atoms with Crippen LogP contribution < -0.4 is 5.73 Å². The average Bonchev–Trinajstić information content (AvgIpc) is 2.09. The number of methoxy groups -OCH3 is 1. The van der Waals surface area contributed by atoms with Crippen molar-refractivity contribution < 1.29 is 13.2 Å². The second kappa shape index (κ2) is 6.37. The molecule has 5 heteroatoms. The minimum absolute atomic E-state index is 0.0395. The maximum Gasteiger partial charge on any atom is 0.147 e. The molecule has 0 radical (unpaired) electrons. The number of ether oxygens (including phenoxy) is 1. The quantitative estimate of drug-likeness (QED) is 0.685. The van der Waals surface area contributed by atoms with Gasteiger partial charge in [0.1, 0.15) is 9.84 Å². The lowest BCUT2D eigenvalue weighted by Gasteiger charge is -2.13. The molecule has 2 unspecified atom stereocenters. The van der Waals surface area contributed by atoms with Crippen LogP contribution in [0.25, 0.3) is 0 Å². The summed E-state index contributed by atoms with van der Waals surface area (Å²) in [4.78, 5) is 0. The summed E-state index contributed by atoms with van der Waals surface area (Å²) in [5.41, 5.74) is 5.76. The molecule has 0 spiro atoms. The summed E-state index contributed by atoms with van der Waals surface area (Å²) in [6, 6.07) is -0.0395. The number of rotatable bonds is 7. The molecule has 2 atom stereocenters. The molecule has 0 aromatic carbocycles. The van der Waals surface area contributed by atoms with Gasteiger partial charge in [0.2, 0.25) is 0 Å². The van der Waals surface area contributed by atoms with Gasteiger partial charge >= 0.3 is 0 Å². The Morgan fingerprint density at radius 2 is 1.86 bits per heavy atom. The molecule has 0 amide bonds. The lowest BCUT2D eigenvalue weighted by atomic mass is 10.1. The minimum atomic E-state index is -2.87. The number of sulfone groups is 1. The second-order valence-corrected chi connectivity index (χ2v) is 6.06. The monoisotopic (exact) mass is 223 g/mol. The van der Waals surface area contributed by atoms with Crippen LogP contribution >= 0.6 is 0 Å². The van der Waals surface area contributed by atoms with Crippen molar-refractivity contribution >= 4 is 9.84 Å². The van der Waals surface area contributed by atoms with Gasteiger partial charge in [-0.2, -0.15) is 0 Å². The fraction of sp³-hybridized carbons (Fsp3) is 1.00. The van der Waals surface area contributed by atoms with Crippen LogP contribution in [0.2, 0.25) is 0 Å². The van der Waals surface area contributed by atoms with E-state index >= 15 is 0 Å². The van der Waals surface area contributed by atoms with E-state index < -0.39 is 9.84 Å². The Kier molecular flexibility index (Phi) is 6.31. The summed E-state index contributed by atoms with van der Waals surface area (Å²) in [6.07, 6.45) is 3.65. The van der Waals surface area contributed by atoms with Crippen molar-refractivity contribution in [1.29, 1.82) is 0 Å². The van der Waals surface area contributed by atoms with Gasteiger partial charge in [0.05, 0.1) is 11.9 Å². The van der Waals surface area contributed by atoms with E-state index in [1.165, 1.54) is 6.26 Å². The van der Waals surface area contributed by atoms with Crippen LogP contribution in [-0.4, -0.2) is 39.7 Å². The van der Waals surface area contributed by atoms with Gasteiger partial charge in [-0.25, -0.2) is 8.42 Å². The molecule has 4 nitrogen and oxygen atoms in total. The first-order chi connectivity index (χ1) is 6.35. The summed E-state index contributed by atoms with van der Waals surface area (Å²) in [5.74, 6) is 0.176. The molecule has 0 aliphatic rings. The highest BCUT2D eigenvalue weighted by molar-refractivity contribution is 7.90. The molecule has 14 heavy (non-hydrogen) atoms. The first kappa shape index (κ1) is 13.9. The van der Waals surface area contributed by atoms with Gasteiger partial charge in [0.15, 0.2) is 0 Å². The Labute approximate surface area is 86.7 Å². The minimum Gasteiger partial charge on any atom is -0.382 e. The van der Waals surface area contributed by atoms with E-state index in [0.717, 1.165) is 12.8 Å². The summed E-state index contributed by atoms with van der Waals surface area (Å²) in [5, 5.41) is 0. The molecule has 0 fully saturated rings. The van der Waals surface area contributed by atoms with Crippen LogP contribution in [0.4, 0.5) is 0 Å². The van der Waals surface area contributed by atoms with Gasteiger partial charge in [0, 0.05) is 19.4 Å². The smallest absolute Gasteiger partial charge is 0.147 e. The Balaban J connectivity index is 3.61. The molecular formula is C9H21NO3S. The molecule has 0 rings (SSSR count). The third-order valence-electron chi connectivity index (χ3n) is 2.21. The standard InChI is InChI=1S/C9H21NO3S/c1-8(13-2)4-5-9(10)6-7-14(3,11)12/h8-9H,4-7,10H2,1-3H3. The predicted octanol–water partition coefficient (Wildman–Crippen LogP) is 0.563. The molecule has 0 saturated carbocycles. The van der Waals surface area contributed by atoms with Crippen molar-refractivity contribution in [3.8, 4) is 0 Å². The van der Waals surface area contributed by atoms with Gasteiger partial charge in [-0.1, -0.05) is 0 Å². The first-order valence-electron chi connectivity index (χ1n) is 4.81. The van der Waals surface area contributed by atoms with Gasteiger partial charge in [0.25, 0.3) is 0 Å². The summed E-state index contributed by atoms with van der Waals surface area (Å²) >= 11 is 0. The summed E-state index contributed by atoms with van der Waals surface area (Å²) < 4.78 is 26.8. The maximum absolute atomic E-state index is 10.8. The van der Waals surface area contributed by atoms with E-state index in [0.29, 0.717) is 6.42 Å². The molecule has 86 valence electrons. The topological polar surface area (TPSA) is 69.4 Å². The highest BCUT2D eigenvalue weighted by Gasteiger charge is 2.09. The third kappa shape index (κ3) is 8.47. The normalized spacial score (nSPS) is 16.6. The highest BCUT2D eigenvalue weighted by atomic mass is 32.2. The fourth-order valence-electron chi connectivity index (χ4n) is 1.08. The Morgan fingerprint density at radius 1 is 1.29 bits per heavy atom. The van der Waals surface area contributed by atoms with Crippen LogP contribution in [0.3, 0.4) is 0 Å². The van der Waals surface area contributed by atoms with E-state index in [1.54, 1.807) is 7.11 Å². The van der Waals surface area contributed by atoms with Crippen molar-refractivity contribution in [3.63, 3.8) is 0 Å². The van der Waals surface area contributed by atoms with Crippen molar-refractivity contribution in [2.45, 2.75) is 38.3 Å². The fourth-order valence-corrected chi connectivity index (χ4v) is 1.81. The van der Waals surface area contributed by atoms with Crippen LogP contribution in [0.1, 0.15) is 26.2 Å². The molecule has 0 aromatic rings. The molecule has 0 bridgehead atoms. The Bertz CT molecular complexity index is 238. The molecule has 2 N–H and O–H groups in total. The van der Waals surface area contributed by atoms with Gasteiger partial charge in [-0.3, -0.25) is 0 Å². The molecule has 0 aromatic heterocycles. The van der Waals surface area contributed by atoms with E-state index in [1.807, 2.05) is 6.92 Å². The largest absolute Gasteiger partial charge is 0.382 e. The van der Waals surface area contributed by atoms with E-state index in [4.69, 9.17) is 10.5 Å². The van der Waals surface area contributed by atoms with Crippen LogP contribution in [0.5, 0.6) is 0 Å².